The third-order valence-electron chi connectivity index (χ3n) is 1.36. The van der Waals surface area contributed by atoms with Crippen LogP contribution in [0.4, 0.5) is 13.2 Å². The molecular weight excluding hydrogens is 186 g/mol. The van der Waals surface area contributed by atoms with E-state index in [-0.39, 0.29) is 18.9 Å². The topological polar surface area (TPSA) is 3.24 Å². The maximum atomic E-state index is 10.7. The number of nitrogens with zero attached hydrogens (tertiary/aromatic N) is 1. The fourth-order valence-electron chi connectivity index (χ4n) is 0.428. The second kappa shape index (κ2) is 11.4. The summed E-state index contributed by atoms with van der Waals surface area (Å²) in [6, 6.07) is 0. The molecule has 0 radical (unpaired) electrons. The molecule has 0 amide bonds. The van der Waals surface area contributed by atoms with Crippen LogP contribution in [0, 0.1) is 20.8 Å². The van der Waals surface area contributed by atoms with Crippen LogP contribution < -0.4 is 18.9 Å². The minimum atomic E-state index is -4.07. The quantitative estimate of drug-likeness (QED) is 0.452. The van der Waals surface area contributed by atoms with Gasteiger partial charge in [-0.15, -0.1) is 13.1 Å². The zero-order valence-electron chi connectivity index (χ0n) is 9.03. The van der Waals surface area contributed by atoms with Crippen molar-refractivity contribution >= 4 is 0 Å². The van der Waals surface area contributed by atoms with E-state index in [9.17, 15) is 13.2 Å². The van der Waals surface area contributed by atoms with Crippen molar-refractivity contribution in [2.24, 2.45) is 0 Å². The Bertz CT molecular complexity index is 97.2. The normalized spacial score (nSPS) is 10.3. The van der Waals surface area contributed by atoms with Gasteiger partial charge in [0, 0.05) is 0 Å². The first-order valence-electron chi connectivity index (χ1n) is 4.08. The molecule has 82 valence electrons. The van der Waals surface area contributed by atoms with E-state index in [2.05, 4.69) is 32.6 Å². The Morgan fingerprint density at radius 3 is 1.36 bits per heavy atom. The van der Waals surface area contributed by atoms with Crippen LogP contribution in [0.15, 0.2) is 0 Å². The van der Waals surface area contributed by atoms with Crippen molar-refractivity contribution in [3.63, 3.8) is 0 Å². The Morgan fingerprint density at radius 2 is 1.36 bits per heavy atom. The van der Waals surface area contributed by atoms with Gasteiger partial charge < -0.3 is 25.7 Å². The van der Waals surface area contributed by atoms with Gasteiger partial charge in [0.15, 0.2) is 0 Å². The van der Waals surface area contributed by atoms with Gasteiger partial charge in [-0.05, 0) is 6.54 Å². The van der Waals surface area contributed by atoms with Gasteiger partial charge in [-0.3, -0.25) is 0 Å². The number of hydrogen-bond donors (Lipinski definition) is 0. The third-order valence-corrected chi connectivity index (χ3v) is 1.36. The summed E-state index contributed by atoms with van der Waals surface area (Å²) >= 11 is 0. The number of halogens is 3. The molecular formula is C9H17F3LiN-2. The van der Waals surface area contributed by atoms with Crippen LogP contribution in [0.2, 0.25) is 0 Å². The van der Waals surface area contributed by atoms with E-state index >= 15 is 0 Å². The van der Waals surface area contributed by atoms with Gasteiger partial charge in [-0.2, -0.15) is 13.2 Å². The van der Waals surface area contributed by atoms with E-state index in [0.717, 1.165) is 19.6 Å². The number of rotatable bonds is 3. The summed E-state index contributed by atoms with van der Waals surface area (Å²) in [5.41, 5.74) is 0. The SMILES string of the molecule is [CH2-]CC(F)(F)F.[CH2-]CN(C[CH2-])CC.[Li+]. The maximum absolute atomic E-state index is 10.7. The molecule has 0 heterocycles. The minimum Gasteiger partial charge on any atom is -0.363 e. The first-order chi connectivity index (χ1) is 5.91. The van der Waals surface area contributed by atoms with E-state index in [0.29, 0.717) is 0 Å². The Kier molecular flexibility index (Phi) is 16.2. The zero-order chi connectivity index (χ0) is 10.9. The molecule has 14 heavy (non-hydrogen) atoms. The standard InChI is InChI=1S/C6H13N.C3H4F3.Li/c1-4-7(5-2)6-3;1-2-3(4,5)6;/h1-2,4-6H2,3H3;1-2H2;/q-2;-1;+1. The Morgan fingerprint density at radius 1 is 1.07 bits per heavy atom. The summed E-state index contributed by atoms with van der Waals surface area (Å²) in [5, 5.41) is 0. The molecule has 0 saturated carbocycles. The van der Waals surface area contributed by atoms with Crippen LogP contribution in [0.5, 0.6) is 0 Å². The molecule has 0 aliphatic carbocycles. The second-order valence-corrected chi connectivity index (χ2v) is 2.30. The molecule has 0 rings (SSSR count). The smallest absolute Gasteiger partial charge is 0.363 e. The van der Waals surface area contributed by atoms with E-state index < -0.39 is 12.6 Å². The summed E-state index contributed by atoms with van der Waals surface area (Å²) < 4.78 is 32.2. The van der Waals surface area contributed by atoms with E-state index in [1.165, 1.54) is 0 Å². The largest absolute Gasteiger partial charge is 1.00 e. The summed E-state index contributed by atoms with van der Waals surface area (Å²) in [5.74, 6) is 0. The predicted molar refractivity (Wildman–Crippen MR) is 48.9 cm³/mol. The van der Waals surface area contributed by atoms with Gasteiger partial charge in [0.2, 0.25) is 0 Å². The van der Waals surface area contributed by atoms with Crippen LogP contribution >= 0.6 is 0 Å². The van der Waals surface area contributed by atoms with Gasteiger partial charge in [-0.25, -0.2) is 0 Å². The molecule has 0 aromatic carbocycles. The first-order valence-corrected chi connectivity index (χ1v) is 4.08. The Hall–Kier alpha value is 0.347. The fourth-order valence-corrected chi connectivity index (χ4v) is 0.428. The molecule has 0 unspecified atom stereocenters. The number of alkyl halides is 3. The second-order valence-electron chi connectivity index (χ2n) is 2.30. The van der Waals surface area contributed by atoms with Gasteiger partial charge in [0.05, 0.1) is 0 Å². The first kappa shape index (κ1) is 19.9. The van der Waals surface area contributed by atoms with Crippen molar-refractivity contribution in [2.45, 2.75) is 19.5 Å². The van der Waals surface area contributed by atoms with Crippen molar-refractivity contribution < 1.29 is 32.0 Å². The Balaban J connectivity index is -0.000000163. The van der Waals surface area contributed by atoms with Crippen LogP contribution in [0.1, 0.15) is 13.3 Å². The van der Waals surface area contributed by atoms with E-state index in [1.807, 2.05) is 0 Å². The van der Waals surface area contributed by atoms with Crippen molar-refractivity contribution in [1.29, 1.82) is 0 Å². The molecule has 1 nitrogen and oxygen atoms in total. The molecule has 0 bridgehead atoms. The molecule has 0 spiro atoms. The average Bonchev–Trinajstić information content (AvgIpc) is 2.07. The van der Waals surface area contributed by atoms with Crippen LogP contribution in [-0.2, 0) is 0 Å². The molecule has 0 aliphatic rings. The molecule has 0 aromatic rings. The van der Waals surface area contributed by atoms with Gasteiger partial charge >= 0.3 is 25.0 Å². The summed E-state index contributed by atoms with van der Waals surface area (Å²) in [6.45, 7) is 15.0. The van der Waals surface area contributed by atoms with Crippen molar-refractivity contribution in [1.82, 2.24) is 4.90 Å². The van der Waals surface area contributed by atoms with Crippen LogP contribution in [-0.4, -0.2) is 30.7 Å². The van der Waals surface area contributed by atoms with Crippen LogP contribution in [0.25, 0.3) is 0 Å². The van der Waals surface area contributed by atoms with Crippen LogP contribution in [0.3, 0.4) is 0 Å². The summed E-state index contributed by atoms with van der Waals surface area (Å²) in [6.07, 6.45) is -5.05. The molecule has 0 saturated heterocycles. The predicted octanol–water partition coefficient (Wildman–Crippen LogP) is -0.247. The van der Waals surface area contributed by atoms with E-state index in [4.69, 9.17) is 0 Å². The monoisotopic (exact) mass is 203 g/mol. The third kappa shape index (κ3) is 18.2. The molecule has 5 heteroatoms. The van der Waals surface area contributed by atoms with Crippen molar-refractivity contribution in [2.75, 3.05) is 19.6 Å². The molecule has 0 atom stereocenters. The van der Waals surface area contributed by atoms with Gasteiger partial charge in [-0.1, -0.05) is 13.3 Å². The minimum absolute atomic E-state index is 0. The van der Waals surface area contributed by atoms with E-state index in [1.54, 1.807) is 0 Å². The fraction of sp³-hybridized carbons (Fsp3) is 0.667. The average molecular weight is 203 g/mol. The zero-order valence-corrected chi connectivity index (χ0v) is 9.03. The summed E-state index contributed by atoms with van der Waals surface area (Å²) in [7, 11) is 0. The summed E-state index contributed by atoms with van der Waals surface area (Å²) in [4.78, 5) is 2.15. The Labute approximate surface area is 97.2 Å². The number of hydrogen-bond acceptors (Lipinski definition) is 1. The molecule has 0 N–H and O–H groups in total. The molecule has 0 fully saturated rings. The maximum Gasteiger partial charge on any atom is 1.00 e. The van der Waals surface area contributed by atoms with Crippen molar-refractivity contribution in [3.05, 3.63) is 20.8 Å². The molecule has 0 aromatic heterocycles. The van der Waals surface area contributed by atoms with Crippen molar-refractivity contribution in [3.8, 4) is 0 Å². The van der Waals surface area contributed by atoms with Gasteiger partial charge in [0.25, 0.3) is 0 Å². The molecule has 0 aliphatic heterocycles. The van der Waals surface area contributed by atoms with Gasteiger partial charge in [0.1, 0.15) is 0 Å².